The zero-order valence-electron chi connectivity index (χ0n) is 17.4. The fourth-order valence-corrected chi connectivity index (χ4v) is 3.81. The van der Waals surface area contributed by atoms with Gasteiger partial charge in [0.1, 0.15) is 12.3 Å². The van der Waals surface area contributed by atoms with Crippen LogP contribution < -0.4 is 19.3 Å². The number of rotatable bonds is 10. The zero-order valence-corrected chi connectivity index (χ0v) is 18.2. The largest absolute Gasteiger partial charge is 0.497 e. The molecule has 2 rings (SSSR count). The second-order valence-corrected chi connectivity index (χ2v) is 8.49. The van der Waals surface area contributed by atoms with Gasteiger partial charge in [-0.2, -0.15) is 0 Å². The number of amides is 1. The molecule has 0 radical (unpaired) electrons. The number of carbonyl (C=O) groups excluding carboxylic acids is 1. The Morgan fingerprint density at radius 3 is 2.00 bits per heavy atom. The second-order valence-electron chi connectivity index (χ2n) is 6.58. The molecule has 7 nitrogen and oxygen atoms in total. The number of hydrogen-bond donors (Lipinski definition) is 1. The number of carbonyl (C=O) groups is 1. The normalized spacial score (nSPS) is 11.0. The number of nitrogens with one attached hydrogen (secondary N) is 1. The number of methoxy groups -OCH3 is 1. The number of anilines is 2. The van der Waals surface area contributed by atoms with Crippen LogP contribution in [0, 0.1) is 0 Å². The summed E-state index contributed by atoms with van der Waals surface area (Å²) in [6.45, 7) is 6.11. The molecular formula is C21H29N3O4S. The van der Waals surface area contributed by atoms with E-state index >= 15 is 0 Å². The summed E-state index contributed by atoms with van der Waals surface area (Å²) >= 11 is 0. The van der Waals surface area contributed by atoms with E-state index in [4.69, 9.17) is 4.74 Å². The molecule has 0 unspecified atom stereocenters. The fourth-order valence-electron chi connectivity index (χ4n) is 2.95. The van der Waals surface area contributed by atoms with Crippen molar-refractivity contribution < 1.29 is 17.9 Å². The van der Waals surface area contributed by atoms with E-state index in [0.29, 0.717) is 18.0 Å². The van der Waals surface area contributed by atoms with Gasteiger partial charge >= 0.3 is 0 Å². The lowest BCUT2D eigenvalue weighted by Gasteiger charge is -2.22. The molecule has 0 saturated carbocycles. The Morgan fingerprint density at radius 1 is 0.966 bits per heavy atom. The second kappa shape index (κ2) is 10.2. The highest BCUT2D eigenvalue weighted by molar-refractivity contribution is 7.92. The molecule has 0 spiro atoms. The Labute approximate surface area is 173 Å². The average Bonchev–Trinajstić information content (AvgIpc) is 2.71. The first-order chi connectivity index (χ1) is 13.8. The molecule has 158 valence electrons. The van der Waals surface area contributed by atoms with Crippen LogP contribution in [0.1, 0.15) is 19.4 Å². The molecule has 8 heteroatoms. The van der Waals surface area contributed by atoms with E-state index in [2.05, 4.69) is 24.1 Å². The summed E-state index contributed by atoms with van der Waals surface area (Å²) in [4.78, 5) is 14.6. The van der Waals surface area contributed by atoms with Crippen molar-refractivity contribution in [2.75, 3.05) is 42.2 Å². The molecule has 1 N–H and O–H groups in total. The lowest BCUT2D eigenvalue weighted by Crippen LogP contribution is -2.40. The first-order valence-electron chi connectivity index (χ1n) is 9.50. The SMILES string of the molecule is CCN(CC)c1ccc(CNC(=O)CN(c2ccc(OC)cc2)S(C)(=O)=O)cc1. The molecule has 2 aromatic rings. The Hall–Kier alpha value is -2.74. The Balaban J connectivity index is 2.01. The first kappa shape index (κ1) is 22.5. The molecule has 0 aliphatic carbocycles. The van der Waals surface area contributed by atoms with Crippen LogP contribution in [0.3, 0.4) is 0 Å². The van der Waals surface area contributed by atoms with Crippen LogP contribution in [0.25, 0.3) is 0 Å². The molecule has 2 aromatic carbocycles. The Kier molecular flexibility index (Phi) is 7.90. The lowest BCUT2D eigenvalue weighted by molar-refractivity contribution is -0.119. The third-order valence-corrected chi connectivity index (χ3v) is 5.74. The van der Waals surface area contributed by atoms with Crippen LogP contribution >= 0.6 is 0 Å². The highest BCUT2D eigenvalue weighted by Crippen LogP contribution is 2.21. The number of sulfonamides is 1. The van der Waals surface area contributed by atoms with Crippen molar-refractivity contribution in [1.29, 1.82) is 0 Å². The van der Waals surface area contributed by atoms with Crippen LogP contribution in [0.5, 0.6) is 5.75 Å². The number of hydrogen-bond acceptors (Lipinski definition) is 5. The predicted molar refractivity (Wildman–Crippen MR) is 117 cm³/mol. The summed E-state index contributed by atoms with van der Waals surface area (Å²) in [7, 11) is -2.08. The molecule has 0 aromatic heterocycles. The van der Waals surface area contributed by atoms with Gasteiger partial charge in [-0.3, -0.25) is 9.10 Å². The maximum absolute atomic E-state index is 12.4. The van der Waals surface area contributed by atoms with Gasteiger partial charge in [0.05, 0.1) is 19.1 Å². The molecule has 0 heterocycles. The van der Waals surface area contributed by atoms with E-state index in [1.807, 2.05) is 24.3 Å². The Morgan fingerprint density at radius 2 is 1.52 bits per heavy atom. The Bertz CT molecular complexity index is 893. The highest BCUT2D eigenvalue weighted by Gasteiger charge is 2.20. The van der Waals surface area contributed by atoms with Crippen molar-refractivity contribution in [1.82, 2.24) is 5.32 Å². The van der Waals surface area contributed by atoms with Crippen molar-refractivity contribution >= 4 is 27.3 Å². The van der Waals surface area contributed by atoms with Gasteiger partial charge in [-0.15, -0.1) is 0 Å². The van der Waals surface area contributed by atoms with E-state index in [0.717, 1.165) is 34.9 Å². The van der Waals surface area contributed by atoms with E-state index < -0.39 is 10.0 Å². The average molecular weight is 420 g/mol. The summed E-state index contributed by atoms with van der Waals surface area (Å²) in [5, 5.41) is 2.79. The van der Waals surface area contributed by atoms with Crippen LogP contribution in [-0.4, -0.2) is 47.3 Å². The molecule has 0 fully saturated rings. The van der Waals surface area contributed by atoms with Gasteiger partial charge in [0, 0.05) is 25.3 Å². The summed E-state index contributed by atoms with van der Waals surface area (Å²) < 4.78 is 30.5. The maximum atomic E-state index is 12.4. The topological polar surface area (TPSA) is 79.0 Å². The minimum Gasteiger partial charge on any atom is -0.497 e. The quantitative estimate of drug-likeness (QED) is 0.640. The van der Waals surface area contributed by atoms with Gasteiger partial charge in [0.25, 0.3) is 0 Å². The van der Waals surface area contributed by atoms with Gasteiger partial charge in [-0.25, -0.2) is 8.42 Å². The molecule has 0 aliphatic rings. The first-order valence-corrected chi connectivity index (χ1v) is 11.4. The minimum atomic E-state index is -3.61. The molecule has 0 atom stereocenters. The number of ether oxygens (including phenoxy) is 1. The standard InChI is InChI=1S/C21H29N3O4S/c1-5-23(6-2)18-9-7-17(8-10-18)15-22-21(25)16-24(29(4,26)27)19-11-13-20(28-3)14-12-19/h7-14H,5-6,15-16H2,1-4H3,(H,22,25). The molecule has 0 saturated heterocycles. The van der Waals surface area contributed by atoms with Crippen molar-refractivity contribution in [3.63, 3.8) is 0 Å². The van der Waals surface area contributed by atoms with Gasteiger partial charge in [0.2, 0.25) is 15.9 Å². The van der Waals surface area contributed by atoms with Gasteiger partial charge in [-0.1, -0.05) is 12.1 Å². The van der Waals surface area contributed by atoms with Crippen molar-refractivity contribution in [3.05, 3.63) is 54.1 Å². The molecule has 0 aliphatic heterocycles. The van der Waals surface area contributed by atoms with Crippen LogP contribution in [0.15, 0.2) is 48.5 Å². The summed E-state index contributed by atoms with van der Waals surface area (Å²) in [5.74, 6) is 0.235. The molecule has 0 bridgehead atoms. The van der Waals surface area contributed by atoms with Crippen LogP contribution in [0.4, 0.5) is 11.4 Å². The number of nitrogens with zero attached hydrogens (tertiary/aromatic N) is 2. The fraction of sp³-hybridized carbons (Fsp3) is 0.381. The van der Waals surface area contributed by atoms with E-state index in [-0.39, 0.29) is 12.5 Å². The van der Waals surface area contributed by atoms with Crippen molar-refractivity contribution in [3.8, 4) is 5.75 Å². The van der Waals surface area contributed by atoms with E-state index in [1.165, 1.54) is 7.11 Å². The lowest BCUT2D eigenvalue weighted by atomic mass is 10.2. The summed E-state index contributed by atoms with van der Waals surface area (Å²) in [6, 6.07) is 14.5. The number of benzene rings is 2. The van der Waals surface area contributed by atoms with Crippen LogP contribution in [-0.2, 0) is 21.4 Å². The van der Waals surface area contributed by atoms with E-state index in [9.17, 15) is 13.2 Å². The van der Waals surface area contributed by atoms with Crippen molar-refractivity contribution in [2.45, 2.75) is 20.4 Å². The molecule has 29 heavy (non-hydrogen) atoms. The smallest absolute Gasteiger partial charge is 0.241 e. The molecule has 1 amide bonds. The zero-order chi connectivity index (χ0) is 21.4. The van der Waals surface area contributed by atoms with Crippen LogP contribution in [0.2, 0.25) is 0 Å². The highest BCUT2D eigenvalue weighted by atomic mass is 32.2. The molecular weight excluding hydrogens is 390 g/mol. The summed E-state index contributed by atoms with van der Waals surface area (Å²) in [5.41, 5.74) is 2.49. The third kappa shape index (κ3) is 6.39. The van der Waals surface area contributed by atoms with Gasteiger partial charge < -0.3 is 15.0 Å². The van der Waals surface area contributed by atoms with Gasteiger partial charge in [-0.05, 0) is 55.8 Å². The minimum absolute atomic E-state index is 0.289. The van der Waals surface area contributed by atoms with Crippen molar-refractivity contribution in [2.24, 2.45) is 0 Å². The van der Waals surface area contributed by atoms with Gasteiger partial charge in [0.15, 0.2) is 0 Å². The summed E-state index contributed by atoms with van der Waals surface area (Å²) in [6.07, 6.45) is 1.08. The predicted octanol–water partition coefficient (Wildman–Crippen LogP) is 2.62. The monoisotopic (exact) mass is 419 g/mol. The third-order valence-electron chi connectivity index (χ3n) is 4.60. The maximum Gasteiger partial charge on any atom is 0.241 e. The van der Waals surface area contributed by atoms with E-state index in [1.54, 1.807) is 24.3 Å².